The highest BCUT2D eigenvalue weighted by molar-refractivity contribution is 5.24. The highest BCUT2D eigenvalue weighted by Crippen LogP contribution is 2.09. The van der Waals surface area contributed by atoms with Crippen molar-refractivity contribution in [3.8, 4) is 0 Å². The summed E-state index contributed by atoms with van der Waals surface area (Å²) in [5.74, 6) is 0. The Morgan fingerprint density at radius 2 is 2.00 bits per heavy atom. The molecule has 0 aliphatic rings. The molecule has 0 fully saturated rings. The van der Waals surface area contributed by atoms with Crippen molar-refractivity contribution >= 4 is 0 Å². The van der Waals surface area contributed by atoms with Crippen LogP contribution >= 0.6 is 0 Å². The summed E-state index contributed by atoms with van der Waals surface area (Å²) >= 11 is 0. The fraction of sp³-hybridized carbons (Fsp3) is 0.455. The molecule has 0 saturated carbocycles. The van der Waals surface area contributed by atoms with Gasteiger partial charge in [-0.2, -0.15) is 0 Å². The second kappa shape index (κ2) is 11.1. The molecule has 0 rings (SSSR count). The number of allylic oxidation sites excluding steroid dienone is 2. The minimum Gasteiger partial charge on any atom is -0.388 e. The Bertz CT molecular complexity index is 161. The zero-order chi connectivity index (χ0) is 10.7. The van der Waals surface area contributed by atoms with Crippen LogP contribution in [0.2, 0.25) is 0 Å². The Morgan fingerprint density at radius 1 is 1.46 bits per heavy atom. The van der Waals surface area contributed by atoms with Crippen LogP contribution in [0.4, 0.5) is 0 Å². The van der Waals surface area contributed by atoms with Gasteiger partial charge in [-0.3, -0.25) is 0 Å². The van der Waals surface area contributed by atoms with Gasteiger partial charge < -0.3 is 10.8 Å². The number of rotatable bonds is 5. The van der Waals surface area contributed by atoms with Crippen molar-refractivity contribution in [3.05, 3.63) is 37.0 Å². The van der Waals surface area contributed by atoms with Crippen LogP contribution in [0.15, 0.2) is 37.0 Å². The van der Waals surface area contributed by atoms with Gasteiger partial charge in [0.15, 0.2) is 0 Å². The van der Waals surface area contributed by atoms with E-state index in [1.165, 1.54) is 7.05 Å². The molecule has 1 atom stereocenters. The van der Waals surface area contributed by atoms with Crippen LogP contribution in [0.5, 0.6) is 0 Å². The lowest BCUT2D eigenvalue weighted by Gasteiger charge is -2.08. The first-order valence-electron chi connectivity index (χ1n) is 4.47. The van der Waals surface area contributed by atoms with Crippen molar-refractivity contribution in [1.82, 2.24) is 0 Å². The van der Waals surface area contributed by atoms with Crippen molar-refractivity contribution in [3.63, 3.8) is 0 Å². The third kappa shape index (κ3) is 7.50. The summed E-state index contributed by atoms with van der Waals surface area (Å²) in [6.45, 7) is 9.20. The SMILES string of the molecule is C=C/C=C(\C=C)C(O)CCC.CN. The normalized spacial score (nSPS) is 12.5. The first kappa shape index (κ1) is 14.7. The van der Waals surface area contributed by atoms with Gasteiger partial charge >= 0.3 is 0 Å². The molecule has 0 saturated heterocycles. The maximum atomic E-state index is 9.45. The second-order valence-corrected chi connectivity index (χ2v) is 2.41. The molecule has 0 heterocycles. The highest BCUT2D eigenvalue weighted by Gasteiger charge is 2.04. The van der Waals surface area contributed by atoms with E-state index in [0.29, 0.717) is 0 Å². The van der Waals surface area contributed by atoms with Crippen molar-refractivity contribution in [1.29, 1.82) is 0 Å². The van der Waals surface area contributed by atoms with E-state index in [1.807, 2.05) is 6.92 Å². The van der Waals surface area contributed by atoms with Gasteiger partial charge in [0.1, 0.15) is 0 Å². The number of aliphatic hydroxyl groups is 1. The molecular weight excluding hydrogens is 162 g/mol. The van der Waals surface area contributed by atoms with Gasteiger partial charge in [-0.05, 0) is 19.0 Å². The molecule has 0 aromatic carbocycles. The van der Waals surface area contributed by atoms with E-state index >= 15 is 0 Å². The van der Waals surface area contributed by atoms with Crippen molar-refractivity contribution in [2.75, 3.05) is 7.05 Å². The molecule has 2 nitrogen and oxygen atoms in total. The first-order valence-corrected chi connectivity index (χ1v) is 4.47. The summed E-state index contributed by atoms with van der Waals surface area (Å²) in [5, 5.41) is 9.45. The summed E-state index contributed by atoms with van der Waals surface area (Å²) in [4.78, 5) is 0. The first-order chi connectivity index (χ1) is 6.26. The van der Waals surface area contributed by atoms with Crippen LogP contribution in [0.1, 0.15) is 19.8 Å². The molecule has 3 N–H and O–H groups in total. The molecule has 2 heteroatoms. The fourth-order valence-electron chi connectivity index (χ4n) is 0.891. The minimum atomic E-state index is -0.379. The average Bonchev–Trinajstić information content (AvgIpc) is 2.17. The molecule has 0 aliphatic heterocycles. The van der Waals surface area contributed by atoms with Crippen molar-refractivity contribution in [2.24, 2.45) is 5.73 Å². The van der Waals surface area contributed by atoms with E-state index in [1.54, 1.807) is 18.2 Å². The van der Waals surface area contributed by atoms with Crippen LogP contribution in [0.3, 0.4) is 0 Å². The Morgan fingerprint density at radius 3 is 2.31 bits per heavy atom. The van der Waals surface area contributed by atoms with Gasteiger partial charge in [-0.1, -0.05) is 44.7 Å². The van der Waals surface area contributed by atoms with Crippen molar-refractivity contribution in [2.45, 2.75) is 25.9 Å². The van der Waals surface area contributed by atoms with Crippen LogP contribution in [-0.2, 0) is 0 Å². The van der Waals surface area contributed by atoms with E-state index in [-0.39, 0.29) is 6.10 Å². The molecule has 76 valence electrons. The monoisotopic (exact) mass is 183 g/mol. The lowest BCUT2D eigenvalue weighted by Crippen LogP contribution is -2.07. The molecule has 13 heavy (non-hydrogen) atoms. The lowest BCUT2D eigenvalue weighted by atomic mass is 10.1. The molecule has 0 aliphatic carbocycles. The summed E-state index contributed by atoms with van der Waals surface area (Å²) in [5.41, 5.74) is 5.35. The Labute approximate surface area is 81.5 Å². The molecule has 0 bridgehead atoms. The maximum Gasteiger partial charge on any atom is 0.0789 e. The zero-order valence-corrected chi connectivity index (χ0v) is 8.66. The van der Waals surface area contributed by atoms with Crippen LogP contribution in [0, 0.1) is 0 Å². The summed E-state index contributed by atoms with van der Waals surface area (Å²) in [6, 6.07) is 0. The molecule has 1 unspecified atom stereocenters. The average molecular weight is 183 g/mol. The van der Waals surface area contributed by atoms with Gasteiger partial charge in [0.05, 0.1) is 6.10 Å². The predicted molar refractivity (Wildman–Crippen MR) is 59.5 cm³/mol. The van der Waals surface area contributed by atoms with Crippen LogP contribution < -0.4 is 5.73 Å². The van der Waals surface area contributed by atoms with Gasteiger partial charge in [0.2, 0.25) is 0 Å². The number of hydrogen-bond acceptors (Lipinski definition) is 2. The Balaban J connectivity index is 0. The summed E-state index contributed by atoms with van der Waals surface area (Å²) < 4.78 is 0. The fourth-order valence-corrected chi connectivity index (χ4v) is 0.891. The van der Waals surface area contributed by atoms with E-state index in [2.05, 4.69) is 18.9 Å². The van der Waals surface area contributed by atoms with E-state index in [0.717, 1.165) is 18.4 Å². The topological polar surface area (TPSA) is 46.2 Å². The van der Waals surface area contributed by atoms with Crippen LogP contribution in [-0.4, -0.2) is 18.3 Å². The van der Waals surface area contributed by atoms with E-state index in [9.17, 15) is 5.11 Å². The van der Waals surface area contributed by atoms with E-state index in [4.69, 9.17) is 0 Å². The van der Waals surface area contributed by atoms with E-state index < -0.39 is 0 Å². The minimum absolute atomic E-state index is 0.379. The van der Waals surface area contributed by atoms with Gasteiger partial charge in [-0.15, -0.1) is 0 Å². The largest absolute Gasteiger partial charge is 0.388 e. The smallest absolute Gasteiger partial charge is 0.0789 e. The highest BCUT2D eigenvalue weighted by atomic mass is 16.3. The number of aliphatic hydroxyl groups excluding tert-OH is 1. The third-order valence-corrected chi connectivity index (χ3v) is 1.49. The number of nitrogens with two attached hydrogens (primary N) is 1. The van der Waals surface area contributed by atoms with Crippen molar-refractivity contribution < 1.29 is 5.11 Å². The zero-order valence-electron chi connectivity index (χ0n) is 8.66. The summed E-state index contributed by atoms with van der Waals surface area (Å²) in [6.07, 6.45) is 6.50. The molecule has 0 aromatic heterocycles. The van der Waals surface area contributed by atoms with Gasteiger partial charge in [0.25, 0.3) is 0 Å². The number of hydrogen-bond donors (Lipinski definition) is 2. The quantitative estimate of drug-likeness (QED) is 0.640. The van der Waals surface area contributed by atoms with Gasteiger partial charge in [-0.25, -0.2) is 0 Å². The standard InChI is InChI=1S/C10H16O.CH5N/c1-4-7-9(6-3)10(11)8-5-2;1-2/h4,6-7,10-11H,1,3,5,8H2,2H3;2H2,1H3/b9-7+;. The van der Waals surface area contributed by atoms with Crippen LogP contribution in [0.25, 0.3) is 0 Å². The predicted octanol–water partition coefficient (Wildman–Crippen LogP) is 2.02. The molecule has 0 aromatic rings. The molecule has 0 amide bonds. The third-order valence-electron chi connectivity index (χ3n) is 1.49. The molecular formula is C11H21NO. The maximum absolute atomic E-state index is 9.45. The van der Waals surface area contributed by atoms with Gasteiger partial charge in [0, 0.05) is 0 Å². The molecule has 0 radical (unpaired) electrons. The Kier molecular flexibility index (Phi) is 12.6. The molecule has 0 spiro atoms. The second-order valence-electron chi connectivity index (χ2n) is 2.41. The Hall–Kier alpha value is -0.860. The lowest BCUT2D eigenvalue weighted by molar-refractivity contribution is 0.203. The summed E-state index contributed by atoms with van der Waals surface area (Å²) in [7, 11) is 1.50.